The molecule has 8 nitrogen and oxygen atoms in total. The first kappa shape index (κ1) is 21.0. The minimum Gasteiger partial charge on any atom is -0.447 e. The zero-order valence-corrected chi connectivity index (χ0v) is 16.9. The second-order valence-corrected chi connectivity index (χ2v) is 7.04. The number of hydrogen-bond donors (Lipinski definition) is 1. The number of carbonyl (C=O) groups excluding carboxylic acids is 1. The summed E-state index contributed by atoms with van der Waals surface area (Å²) in [6.45, 7) is 3.95. The second-order valence-electron chi connectivity index (χ2n) is 7.04. The quantitative estimate of drug-likeness (QED) is 0.617. The molecule has 29 heavy (non-hydrogen) atoms. The van der Waals surface area contributed by atoms with Crippen LogP contribution in [-0.4, -0.2) is 53.1 Å². The third-order valence-corrected chi connectivity index (χ3v) is 4.94. The van der Waals surface area contributed by atoms with Gasteiger partial charge in [0.2, 0.25) is 0 Å². The van der Waals surface area contributed by atoms with Gasteiger partial charge in [0.1, 0.15) is 6.61 Å². The first-order valence-electron chi connectivity index (χ1n) is 9.86. The van der Waals surface area contributed by atoms with Crippen LogP contribution in [0.15, 0.2) is 42.6 Å². The molecule has 8 heteroatoms. The Hall–Kier alpha value is -2.71. The number of benzene rings is 1. The highest BCUT2D eigenvalue weighted by Gasteiger charge is 2.24. The van der Waals surface area contributed by atoms with E-state index >= 15 is 0 Å². The van der Waals surface area contributed by atoms with Crippen LogP contribution in [0.4, 0.5) is 10.5 Å². The summed E-state index contributed by atoms with van der Waals surface area (Å²) in [4.78, 5) is 13.3. The summed E-state index contributed by atoms with van der Waals surface area (Å²) in [6, 6.07) is 7.85. The smallest absolute Gasteiger partial charge is 0.414 e. The van der Waals surface area contributed by atoms with Crippen molar-refractivity contribution in [2.24, 2.45) is 5.92 Å². The summed E-state index contributed by atoms with van der Waals surface area (Å²) in [5.41, 5.74) is 2.70. The van der Waals surface area contributed by atoms with Crippen molar-refractivity contribution in [3.63, 3.8) is 0 Å². The molecule has 1 aliphatic heterocycles. The molecule has 2 aromatic rings. The fraction of sp³-hybridized carbons (Fsp3) is 0.476. The van der Waals surface area contributed by atoms with Crippen LogP contribution >= 0.6 is 0 Å². The molecule has 1 aliphatic rings. The van der Waals surface area contributed by atoms with Gasteiger partial charge in [-0.05, 0) is 24.1 Å². The van der Waals surface area contributed by atoms with E-state index in [9.17, 15) is 4.79 Å². The van der Waals surface area contributed by atoms with E-state index < -0.39 is 0 Å². The number of methoxy groups -OCH3 is 1. The molecule has 0 saturated carbocycles. The highest BCUT2D eigenvalue weighted by atomic mass is 16.6. The lowest BCUT2D eigenvalue weighted by Gasteiger charge is -2.21. The number of amides is 1. The maximum atomic E-state index is 11.7. The second kappa shape index (κ2) is 10.2. The van der Waals surface area contributed by atoms with Crippen LogP contribution in [0.3, 0.4) is 0 Å². The van der Waals surface area contributed by atoms with Gasteiger partial charge in [0.25, 0.3) is 0 Å². The number of rotatable bonds is 10. The molecule has 2 heterocycles. The van der Waals surface area contributed by atoms with Crippen molar-refractivity contribution in [1.29, 1.82) is 0 Å². The van der Waals surface area contributed by atoms with E-state index in [0.29, 0.717) is 19.6 Å². The number of nitrogens with zero attached hydrogens (tertiary/aromatic N) is 4. The predicted molar refractivity (Wildman–Crippen MR) is 109 cm³/mol. The van der Waals surface area contributed by atoms with Crippen LogP contribution in [0.2, 0.25) is 0 Å². The molecular formula is C21H28N4O4. The van der Waals surface area contributed by atoms with E-state index in [1.165, 1.54) is 0 Å². The first-order valence-corrected chi connectivity index (χ1v) is 9.86. The number of hydrogen-bond acceptors (Lipinski definition) is 6. The van der Waals surface area contributed by atoms with Gasteiger partial charge in [-0.15, -0.1) is 5.10 Å². The SMILES string of the molecule is CO[C@@H](c1ccc(N2CCOC2=O)cc1)[C@@H](C)/C=C/CCn1cc(CCO)nn1. The summed E-state index contributed by atoms with van der Waals surface area (Å²) in [7, 11) is 1.71. The molecule has 0 radical (unpaired) electrons. The number of cyclic esters (lactones) is 1. The Bertz CT molecular complexity index is 818. The lowest BCUT2D eigenvalue weighted by molar-refractivity contribution is 0.0741. The van der Waals surface area contributed by atoms with Crippen molar-refractivity contribution in [2.75, 3.05) is 31.8 Å². The van der Waals surface area contributed by atoms with E-state index in [2.05, 4.69) is 29.4 Å². The Kier molecular flexibility index (Phi) is 7.37. The van der Waals surface area contributed by atoms with Crippen LogP contribution in [0.1, 0.15) is 30.7 Å². The number of anilines is 1. The van der Waals surface area contributed by atoms with Crippen molar-refractivity contribution >= 4 is 11.8 Å². The van der Waals surface area contributed by atoms with Crippen LogP contribution in [0.25, 0.3) is 0 Å². The van der Waals surface area contributed by atoms with Gasteiger partial charge >= 0.3 is 6.09 Å². The molecule has 1 saturated heterocycles. The van der Waals surface area contributed by atoms with E-state index in [-0.39, 0.29) is 24.7 Å². The minimum absolute atomic E-state index is 0.0756. The number of ether oxygens (including phenoxy) is 2. The Labute approximate surface area is 170 Å². The van der Waals surface area contributed by atoms with Gasteiger partial charge in [-0.2, -0.15) is 0 Å². The normalized spacial score (nSPS) is 16.4. The van der Waals surface area contributed by atoms with Crippen molar-refractivity contribution in [3.8, 4) is 0 Å². The Balaban J connectivity index is 1.54. The highest BCUT2D eigenvalue weighted by Crippen LogP contribution is 2.29. The molecule has 3 rings (SSSR count). The van der Waals surface area contributed by atoms with Crippen molar-refractivity contribution in [1.82, 2.24) is 15.0 Å². The average Bonchev–Trinajstić information content (AvgIpc) is 3.35. The van der Waals surface area contributed by atoms with Crippen molar-refractivity contribution < 1.29 is 19.4 Å². The molecule has 1 N–H and O–H groups in total. The van der Waals surface area contributed by atoms with Gasteiger partial charge in [-0.25, -0.2) is 4.79 Å². The summed E-state index contributed by atoms with van der Waals surface area (Å²) in [5, 5.41) is 17.0. The Morgan fingerprint density at radius 3 is 2.79 bits per heavy atom. The molecule has 0 aliphatic carbocycles. The number of aliphatic hydroxyl groups excluding tert-OH is 1. The number of aromatic nitrogens is 3. The van der Waals surface area contributed by atoms with Gasteiger partial charge in [0, 0.05) is 44.5 Å². The van der Waals surface area contributed by atoms with E-state index in [4.69, 9.17) is 14.6 Å². The molecule has 2 atom stereocenters. The fourth-order valence-electron chi connectivity index (χ4n) is 3.42. The monoisotopic (exact) mass is 400 g/mol. The van der Waals surface area contributed by atoms with Crippen LogP contribution in [0.5, 0.6) is 0 Å². The predicted octanol–water partition coefficient (Wildman–Crippen LogP) is 2.74. The van der Waals surface area contributed by atoms with Crippen LogP contribution < -0.4 is 4.90 Å². The first-order chi connectivity index (χ1) is 14.1. The lowest BCUT2D eigenvalue weighted by Crippen LogP contribution is -2.23. The number of allylic oxidation sites excluding steroid dienone is 1. The summed E-state index contributed by atoms with van der Waals surface area (Å²) >= 11 is 0. The van der Waals surface area contributed by atoms with E-state index in [0.717, 1.165) is 29.9 Å². The zero-order chi connectivity index (χ0) is 20.6. The van der Waals surface area contributed by atoms with Gasteiger partial charge in [-0.1, -0.05) is 36.4 Å². The number of aryl methyl sites for hydroxylation is 1. The maximum absolute atomic E-state index is 11.7. The van der Waals surface area contributed by atoms with Crippen LogP contribution in [-0.2, 0) is 22.4 Å². The number of carbonyl (C=O) groups is 1. The Morgan fingerprint density at radius 1 is 1.34 bits per heavy atom. The average molecular weight is 400 g/mol. The topological polar surface area (TPSA) is 89.7 Å². The molecule has 1 fully saturated rings. The summed E-state index contributed by atoms with van der Waals surface area (Å²) in [5.74, 6) is 0.184. The van der Waals surface area contributed by atoms with Crippen molar-refractivity contribution in [3.05, 3.63) is 53.9 Å². The van der Waals surface area contributed by atoms with Gasteiger partial charge in [0.05, 0.1) is 18.3 Å². The maximum Gasteiger partial charge on any atom is 0.414 e. The molecular weight excluding hydrogens is 372 g/mol. The molecule has 156 valence electrons. The summed E-state index contributed by atoms with van der Waals surface area (Å²) in [6.07, 6.45) is 7.12. The van der Waals surface area contributed by atoms with Crippen LogP contribution in [0, 0.1) is 5.92 Å². The largest absolute Gasteiger partial charge is 0.447 e. The van der Waals surface area contributed by atoms with Gasteiger partial charge in [-0.3, -0.25) is 9.58 Å². The fourth-order valence-corrected chi connectivity index (χ4v) is 3.42. The van der Waals surface area contributed by atoms with E-state index in [1.54, 1.807) is 16.7 Å². The standard InChI is InChI=1S/C21H28N4O4/c1-16(5-3-4-11-24-15-18(10-13-26)22-23-24)20(28-2)17-6-8-19(9-7-17)25-12-14-29-21(25)27/h3,5-9,15-16,20,26H,4,10-14H2,1-2H3/b5-3+/t16-,20+/m0/s1. The summed E-state index contributed by atoms with van der Waals surface area (Å²) < 4.78 is 12.5. The molecule has 0 spiro atoms. The zero-order valence-electron chi connectivity index (χ0n) is 16.9. The third-order valence-electron chi connectivity index (χ3n) is 4.94. The Morgan fingerprint density at radius 2 is 2.14 bits per heavy atom. The molecule has 1 amide bonds. The van der Waals surface area contributed by atoms with Crippen molar-refractivity contribution in [2.45, 2.75) is 32.4 Å². The van der Waals surface area contributed by atoms with Gasteiger partial charge < -0.3 is 14.6 Å². The van der Waals surface area contributed by atoms with Gasteiger partial charge in [0.15, 0.2) is 0 Å². The third kappa shape index (κ3) is 5.42. The molecule has 0 bridgehead atoms. The number of aliphatic hydroxyl groups is 1. The van der Waals surface area contributed by atoms with E-state index in [1.807, 2.05) is 30.5 Å². The molecule has 1 aromatic heterocycles. The minimum atomic E-state index is -0.298. The molecule has 0 unspecified atom stereocenters. The lowest BCUT2D eigenvalue weighted by atomic mass is 9.96. The molecule has 1 aromatic carbocycles. The highest BCUT2D eigenvalue weighted by molar-refractivity contribution is 5.89.